The van der Waals surface area contributed by atoms with Crippen LogP contribution >= 0.6 is 11.8 Å². The van der Waals surface area contributed by atoms with Gasteiger partial charge in [-0.3, -0.25) is 4.79 Å². The summed E-state index contributed by atoms with van der Waals surface area (Å²) in [6, 6.07) is -0.795. The van der Waals surface area contributed by atoms with Crippen LogP contribution in [0.4, 0.5) is 0 Å². The molecule has 1 amide bonds. The number of hydrogen-bond acceptors (Lipinski definition) is 3. The van der Waals surface area contributed by atoms with E-state index in [-0.39, 0.29) is 5.91 Å². The first kappa shape index (κ1) is 28.9. The Morgan fingerprint density at radius 3 is 1.97 bits per heavy atom. The molecule has 0 fully saturated rings. The number of rotatable bonds is 22. The van der Waals surface area contributed by atoms with Gasteiger partial charge in [0, 0.05) is 13.0 Å². The van der Waals surface area contributed by atoms with Crippen LogP contribution in [0.2, 0.25) is 0 Å². The van der Waals surface area contributed by atoms with E-state index in [4.69, 9.17) is 11.8 Å². The lowest BCUT2D eigenvalue weighted by molar-refractivity contribution is -0.142. The van der Waals surface area contributed by atoms with Crippen LogP contribution < -0.4 is 10.2 Å². The molecule has 0 unspecified atom stereocenters. The highest BCUT2D eigenvalue weighted by atomic mass is 35.5. The molecule has 176 valence electrons. The summed E-state index contributed by atoms with van der Waals surface area (Å²) in [7, 11) is 0. The molecule has 0 aliphatic rings. The summed E-state index contributed by atoms with van der Waals surface area (Å²) < 4.78 is 0. The fraction of sp³-hybridized carbons (Fsp3) is 0.833. The number of carboxylic acids is 1. The lowest BCUT2D eigenvalue weighted by atomic mass is 10.1. The van der Waals surface area contributed by atoms with Crippen molar-refractivity contribution in [3.63, 3.8) is 0 Å². The Hall–Kier alpha value is -1.07. The third kappa shape index (κ3) is 20.2. The molecule has 0 aromatic heterocycles. The van der Waals surface area contributed by atoms with Gasteiger partial charge in [-0.1, -0.05) is 70.4 Å². The molecule has 0 saturated heterocycles. The molecule has 0 saturated carbocycles. The number of unbranched alkanes of at least 4 members (excludes halogenated alkanes) is 12. The average molecular weight is 445 g/mol. The van der Waals surface area contributed by atoms with Crippen LogP contribution in [0.25, 0.3) is 0 Å². The average Bonchev–Trinajstić information content (AvgIpc) is 2.73. The molecule has 6 heteroatoms. The molecular formula is C24H45ClN2O3. The minimum Gasteiger partial charge on any atom is -0.480 e. The molecule has 1 atom stereocenters. The van der Waals surface area contributed by atoms with Crippen molar-refractivity contribution >= 4 is 23.7 Å². The fourth-order valence-electron chi connectivity index (χ4n) is 3.42. The van der Waals surface area contributed by atoms with E-state index < -0.39 is 12.0 Å². The number of amides is 1. The molecule has 0 aliphatic heterocycles. The minimum atomic E-state index is -0.966. The SMILES string of the molecule is CCCCCCCC/C=C\CCCCCCCC(=O)N[C@H](CCCCNCl)C(=O)O. The van der Waals surface area contributed by atoms with E-state index in [9.17, 15) is 14.7 Å². The molecule has 0 aromatic carbocycles. The van der Waals surface area contributed by atoms with Crippen molar-refractivity contribution < 1.29 is 14.7 Å². The summed E-state index contributed by atoms with van der Waals surface area (Å²) in [5.41, 5.74) is 0. The molecule has 0 spiro atoms. The second-order valence-corrected chi connectivity index (χ2v) is 8.44. The maximum Gasteiger partial charge on any atom is 0.326 e. The topological polar surface area (TPSA) is 78.4 Å². The van der Waals surface area contributed by atoms with Gasteiger partial charge in [-0.15, -0.1) is 0 Å². The van der Waals surface area contributed by atoms with Crippen molar-refractivity contribution in [2.24, 2.45) is 0 Å². The Morgan fingerprint density at radius 1 is 0.833 bits per heavy atom. The zero-order chi connectivity index (χ0) is 22.3. The third-order valence-electron chi connectivity index (χ3n) is 5.31. The summed E-state index contributed by atoms with van der Waals surface area (Å²) in [6.07, 6.45) is 22.8. The van der Waals surface area contributed by atoms with Crippen LogP contribution in [0.5, 0.6) is 0 Å². The quantitative estimate of drug-likeness (QED) is 0.101. The van der Waals surface area contributed by atoms with Crippen molar-refractivity contribution in [2.75, 3.05) is 6.54 Å². The molecule has 30 heavy (non-hydrogen) atoms. The number of halogens is 1. The maximum absolute atomic E-state index is 12.0. The second-order valence-electron chi connectivity index (χ2n) is 8.17. The van der Waals surface area contributed by atoms with Crippen molar-refractivity contribution in [2.45, 2.75) is 122 Å². The molecule has 0 rings (SSSR count). The van der Waals surface area contributed by atoms with Gasteiger partial charge in [0.25, 0.3) is 0 Å². The van der Waals surface area contributed by atoms with Gasteiger partial charge in [0.2, 0.25) is 5.91 Å². The number of hydrogen-bond donors (Lipinski definition) is 3. The Bertz CT molecular complexity index is 444. The first-order valence-corrected chi connectivity index (χ1v) is 12.5. The van der Waals surface area contributed by atoms with Crippen molar-refractivity contribution in [1.29, 1.82) is 0 Å². The Labute approximate surface area is 189 Å². The predicted octanol–water partition coefficient (Wildman–Crippen LogP) is 6.51. The summed E-state index contributed by atoms with van der Waals surface area (Å²) in [6.45, 7) is 2.89. The maximum atomic E-state index is 12.0. The Morgan fingerprint density at radius 2 is 1.40 bits per heavy atom. The van der Waals surface area contributed by atoms with Crippen LogP contribution in [0.1, 0.15) is 116 Å². The van der Waals surface area contributed by atoms with Crippen molar-refractivity contribution in [3.8, 4) is 0 Å². The lowest BCUT2D eigenvalue weighted by Crippen LogP contribution is -2.40. The highest BCUT2D eigenvalue weighted by molar-refractivity contribution is 6.13. The van der Waals surface area contributed by atoms with Crippen LogP contribution in [0.3, 0.4) is 0 Å². The van der Waals surface area contributed by atoms with E-state index in [1.54, 1.807) is 0 Å². The molecule has 0 heterocycles. The lowest BCUT2D eigenvalue weighted by Gasteiger charge is -2.14. The van der Waals surface area contributed by atoms with E-state index in [1.165, 1.54) is 57.8 Å². The number of carboxylic acid groups (broad SMARTS) is 1. The van der Waals surface area contributed by atoms with Crippen LogP contribution in [-0.4, -0.2) is 29.6 Å². The summed E-state index contributed by atoms with van der Waals surface area (Å²) in [4.78, 5) is 25.7. The number of aliphatic carboxylic acids is 1. The van der Waals surface area contributed by atoms with Gasteiger partial charge >= 0.3 is 5.97 Å². The largest absolute Gasteiger partial charge is 0.480 e. The van der Waals surface area contributed by atoms with E-state index in [1.807, 2.05) is 0 Å². The monoisotopic (exact) mass is 444 g/mol. The van der Waals surface area contributed by atoms with E-state index in [0.29, 0.717) is 25.8 Å². The van der Waals surface area contributed by atoms with Crippen molar-refractivity contribution in [1.82, 2.24) is 10.2 Å². The number of allylic oxidation sites excluding steroid dienone is 2. The number of nitrogens with one attached hydrogen (secondary N) is 2. The minimum absolute atomic E-state index is 0.157. The van der Waals surface area contributed by atoms with Crippen LogP contribution in [0, 0.1) is 0 Å². The van der Waals surface area contributed by atoms with Crippen molar-refractivity contribution in [3.05, 3.63) is 12.2 Å². The highest BCUT2D eigenvalue weighted by Gasteiger charge is 2.18. The van der Waals surface area contributed by atoms with Crippen LogP contribution in [-0.2, 0) is 9.59 Å². The van der Waals surface area contributed by atoms with Gasteiger partial charge < -0.3 is 10.4 Å². The zero-order valence-corrected chi connectivity index (χ0v) is 19.9. The fourth-order valence-corrected chi connectivity index (χ4v) is 3.55. The smallest absolute Gasteiger partial charge is 0.326 e. The normalized spacial score (nSPS) is 12.3. The predicted molar refractivity (Wildman–Crippen MR) is 127 cm³/mol. The first-order valence-electron chi connectivity index (χ1n) is 12.1. The van der Waals surface area contributed by atoms with E-state index in [2.05, 4.69) is 29.2 Å². The van der Waals surface area contributed by atoms with Gasteiger partial charge in [-0.25, -0.2) is 9.63 Å². The highest BCUT2D eigenvalue weighted by Crippen LogP contribution is 2.10. The first-order chi connectivity index (χ1) is 14.6. The molecule has 3 N–H and O–H groups in total. The standard InChI is InChI=1S/C24H45ClN2O3/c1-2-3-4-5-6-7-8-9-10-11-12-13-14-15-16-20-23(28)27-22(24(29)30)19-17-18-21-26-25/h9-10,22,26H,2-8,11-21H2,1H3,(H,27,28)(H,29,30)/b10-9-/t22-/m1/s1. The van der Waals surface area contributed by atoms with E-state index >= 15 is 0 Å². The third-order valence-corrected chi connectivity index (χ3v) is 5.50. The number of carbonyl (C=O) groups excluding carboxylic acids is 1. The van der Waals surface area contributed by atoms with Gasteiger partial charge in [0.05, 0.1) is 0 Å². The molecule has 0 aromatic rings. The zero-order valence-electron chi connectivity index (χ0n) is 19.1. The van der Waals surface area contributed by atoms with Gasteiger partial charge in [0.15, 0.2) is 0 Å². The van der Waals surface area contributed by atoms with Gasteiger partial charge in [-0.2, -0.15) is 0 Å². The molecular weight excluding hydrogens is 400 g/mol. The molecule has 5 nitrogen and oxygen atoms in total. The summed E-state index contributed by atoms with van der Waals surface area (Å²) in [5.74, 6) is -1.12. The van der Waals surface area contributed by atoms with Gasteiger partial charge in [0.1, 0.15) is 6.04 Å². The molecule has 0 radical (unpaired) electrons. The Balaban J connectivity index is 3.54. The summed E-state index contributed by atoms with van der Waals surface area (Å²) >= 11 is 5.38. The molecule has 0 bridgehead atoms. The number of carbonyl (C=O) groups is 2. The Kier molecular flexibility index (Phi) is 21.8. The molecule has 0 aliphatic carbocycles. The summed E-state index contributed by atoms with van der Waals surface area (Å²) in [5, 5.41) is 11.9. The van der Waals surface area contributed by atoms with Gasteiger partial charge in [-0.05, 0) is 63.1 Å². The van der Waals surface area contributed by atoms with E-state index in [0.717, 1.165) is 32.1 Å². The van der Waals surface area contributed by atoms with Crippen LogP contribution in [0.15, 0.2) is 12.2 Å². The second kappa shape index (κ2) is 22.6.